The normalized spacial score (nSPS) is 20.6. The fraction of sp³-hybridized carbons (Fsp3) is 0.321. The SMILES string of the molecule is COc1ccc(/C=C2/CCC(C)C3=C(c4ccc(OC)c(OC)c4)C(C#N)=C(N)OC32)cc1OC. The first-order valence-corrected chi connectivity index (χ1v) is 11.4. The van der Waals surface area contributed by atoms with Crippen molar-refractivity contribution in [3.8, 4) is 29.1 Å². The summed E-state index contributed by atoms with van der Waals surface area (Å²) < 4.78 is 28.0. The fourth-order valence-corrected chi connectivity index (χ4v) is 4.82. The van der Waals surface area contributed by atoms with Crippen LogP contribution in [0.1, 0.15) is 30.9 Å². The topological polar surface area (TPSA) is 96.0 Å². The summed E-state index contributed by atoms with van der Waals surface area (Å²) in [4.78, 5) is 0. The molecule has 0 aromatic heterocycles. The maximum Gasteiger partial charge on any atom is 0.204 e. The molecule has 0 spiro atoms. The number of hydrogen-bond acceptors (Lipinski definition) is 7. The Bertz CT molecular complexity index is 1270. The van der Waals surface area contributed by atoms with E-state index in [0.717, 1.165) is 40.7 Å². The van der Waals surface area contributed by atoms with Gasteiger partial charge in [0.25, 0.3) is 0 Å². The molecule has 7 heteroatoms. The molecule has 2 N–H and O–H groups in total. The molecule has 1 aliphatic heterocycles. The lowest BCUT2D eigenvalue weighted by atomic mass is 9.73. The molecular formula is C28H30N2O5. The van der Waals surface area contributed by atoms with Crippen molar-refractivity contribution in [1.82, 2.24) is 0 Å². The molecule has 4 rings (SSSR count). The molecule has 2 unspecified atom stereocenters. The summed E-state index contributed by atoms with van der Waals surface area (Å²) in [5.74, 6) is 2.85. The molecule has 0 amide bonds. The van der Waals surface area contributed by atoms with Crippen molar-refractivity contribution < 1.29 is 23.7 Å². The molecule has 2 atom stereocenters. The number of rotatable bonds is 6. The highest BCUT2D eigenvalue weighted by Gasteiger charge is 2.38. The van der Waals surface area contributed by atoms with Gasteiger partial charge in [-0.05, 0) is 65.3 Å². The van der Waals surface area contributed by atoms with Gasteiger partial charge < -0.3 is 29.4 Å². The van der Waals surface area contributed by atoms with E-state index in [0.29, 0.717) is 28.6 Å². The van der Waals surface area contributed by atoms with Gasteiger partial charge in [0, 0.05) is 5.57 Å². The Morgan fingerprint density at radius 2 is 1.57 bits per heavy atom. The number of hydrogen-bond donors (Lipinski definition) is 1. The van der Waals surface area contributed by atoms with Crippen molar-refractivity contribution in [2.24, 2.45) is 11.7 Å². The van der Waals surface area contributed by atoms with Gasteiger partial charge in [0.1, 0.15) is 17.7 Å². The number of methoxy groups -OCH3 is 4. The Labute approximate surface area is 206 Å². The number of nitrogens with zero attached hydrogens (tertiary/aromatic N) is 1. The zero-order valence-corrected chi connectivity index (χ0v) is 20.7. The molecule has 2 aliphatic rings. The Hall–Kier alpha value is -4.05. The van der Waals surface area contributed by atoms with Crippen LogP contribution in [0.15, 0.2) is 59.0 Å². The van der Waals surface area contributed by atoms with E-state index in [-0.39, 0.29) is 17.9 Å². The van der Waals surface area contributed by atoms with Crippen molar-refractivity contribution in [2.45, 2.75) is 25.9 Å². The van der Waals surface area contributed by atoms with Crippen molar-refractivity contribution in [3.05, 3.63) is 70.1 Å². The van der Waals surface area contributed by atoms with E-state index in [2.05, 4.69) is 19.1 Å². The molecule has 35 heavy (non-hydrogen) atoms. The van der Waals surface area contributed by atoms with E-state index in [4.69, 9.17) is 29.4 Å². The Morgan fingerprint density at radius 1 is 0.943 bits per heavy atom. The second-order valence-electron chi connectivity index (χ2n) is 8.52. The molecule has 1 heterocycles. The van der Waals surface area contributed by atoms with E-state index in [9.17, 15) is 5.26 Å². The first-order valence-electron chi connectivity index (χ1n) is 11.4. The van der Waals surface area contributed by atoms with Gasteiger partial charge in [-0.25, -0.2) is 0 Å². The van der Waals surface area contributed by atoms with Gasteiger partial charge in [-0.1, -0.05) is 25.1 Å². The number of fused-ring (bicyclic) bond motifs is 1. The van der Waals surface area contributed by atoms with E-state index in [1.807, 2.05) is 36.4 Å². The first kappa shape index (κ1) is 24.1. The van der Waals surface area contributed by atoms with Crippen molar-refractivity contribution >= 4 is 11.6 Å². The second kappa shape index (κ2) is 10.1. The quantitative estimate of drug-likeness (QED) is 0.624. The third kappa shape index (κ3) is 4.40. The maximum atomic E-state index is 10.0. The van der Waals surface area contributed by atoms with Crippen LogP contribution in [-0.4, -0.2) is 34.5 Å². The van der Waals surface area contributed by atoms with Crippen LogP contribution in [0, 0.1) is 17.2 Å². The van der Waals surface area contributed by atoms with Crippen LogP contribution >= 0.6 is 0 Å². The smallest absolute Gasteiger partial charge is 0.204 e. The van der Waals surface area contributed by atoms with Crippen LogP contribution in [0.2, 0.25) is 0 Å². The highest BCUT2D eigenvalue weighted by molar-refractivity contribution is 5.88. The summed E-state index contributed by atoms with van der Waals surface area (Å²) in [6.07, 6.45) is 3.50. The van der Waals surface area contributed by atoms with Gasteiger partial charge in [0.15, 0.2) is 23.0 Å². The van der Waals surface area contributed by atoms with Gasteiger partial charge in [-0.3, -0.25) is 0 Å². The van der Waals surface area contributed by atoms with Crippen LogP contribution in [-0.2, 0) is 4.74 Å². The van der Waals surface area contributed by atoms with Crippen LogP contribution in [0.4, 0.5) is 0 Å². The summed E-state index contributed by atoms with van der Waals surface area (Å²) >= 11 is 0. The summed E-state index contributed by atoms with van der Waals surface area (Å²) in [7, 11) is 6.42. The average molecular weight is 475 g/mol. The summed E-state index contributed by atoms with van der Waals surface area (Å²) in [6.45, 7) is 2.16. The lowest BCUT2D eigenvalue weighted by molar-refractivity contribution is 0.143. The highest BCUT2D eigenvalue weighted by atomic mass is 16.5. The number of allylic oxidation sites excluding steroid dienone is 2. The number of benzene rings is 2. The van der Waals surface area contributed by atoms with Crippen molar-refractivity contribution in [2.75, 3.05) is 28.4 Å². The number of ether oxygens (including phenoxy) is 5. The van der Waals surface area contributed by atoms with Crippen molar-refractivity contribution in [3.63, 3.8) is 0 Å². The molecule has 7 nitrogen and oxygen atoms in total. The molecule has 182 valence electrons. The molecule has 1 aliphatic carbocycles. The fourth-order valence-electron chi connectivity index (χ4n) is 4.82. The number of nitriles is 1. The summed E-state index contributed by atoms with van der Waals surface area (Å²) in [5, 5.41) is 10.0. The second-order valence-corrected chi connectivity index (χ2v) is 8.52. The third-order valence-electron chi connectivity index (χ3n) is 6.59. The first-order chi connectivity index (χ1) is 16.9. The van der Waals surface area contributed by atoms with E-state index >= 15 is 0 Å². The van der Waals surface area contributed by atoms with Crippen LogP contribution < -0.4 is 24.7 Å². The Morgan fingerprint density at radius 3 is 2.20 bits per heavy atom. The van der Waals surface area contributed by atoms with Crippen LogP contribution in [0.3, 0.4) is 0 Å². The van der Waals surface area contributed by atoms with Gasteiger partial charge in [0.05, 0.1) is 28.4 Å². The number of nitrogens with two attached hydrogens (primary N) is 1. The summed E-state index contributed by atoms with van der Waals surface area (Å²) in [6, 6.07) is 13.7. The molecular weight excluding hydrogens is 444 g/mol. The average Bonchev–Trinajstić information content (AvgIpc) is 2.89. The zero-order chi connectivity index (χ0) is 25.1. The van der Waals surface area contributed by atoms with Gasteiger partial charge in [-0.15, -0.1) is 0 Å². The molecule has 0 radical (unpaired) electrons. The lowest BCUT2D eigenvalue weighted by Gasteiger charge is -2.38. The molecule has 1 fully saturated rings. The monoisotopic (exact) mass is 474 g/mol. The van der Waals surface area contributed by atoms with Gasteiger partial charge in [0.2, 0.25) is 5.88 Å². The molecule has 0 bridgehead atoms. The standard InChI is InChI=1S/C28H30N2O5/c1-16-6-8-19(12-17-7-10-21(31-2)23(13-17)33-4)27-25(16)26(20(15-29)28(30)35-27)18-9-11-22(32-3)24(14-18)34-5/h7,9-14,16,27H,6,8,30H2,1-5H3/b19-12-. The van der Waals surface area contributed by atoms with E-state index in [1.54, 1.807) is 28.4 Å². The van der Waals surface area contributed by atoms with E-state index in [1.165, 1.54) is 0 Å². The minimum Gasteiger partial charge on any atom is -0.493 e. The predicted octanol–water partition coefficient (Wildman–Crippen LogP) is 5.08. The zero-order valence-electron chi connectivity index (χ0n) is 20.7. The van der Waals surface area contributed by atoms with Crippen molar-refractivity contribution in [1.29, 1.82) is 5.26 Å². The molecule has 1 saturated carbocycles. The minimum absolute atomic E-state index is 0.123. The van der Waals surface area contributed by atoms with Crippen LogP contribution in [0.25, 0.3) is 11.6 Å². The van der Waals surface area contributed by atoms with Crippen LogP contribution in [0.5, 0.6) is 23.0 Å². The van der Waals surface area contributed by atoms with Gasteiger partial charge >= 0.3 is 0 Å². The predicted molar refractivity (Wildman–Crippen MR) is 134 cm³/mol. The third-order valence-corrected chi connectivity index (χ3v) is 6.59. The largest absolute Gasteiger partial charge is 0.493 e. The van der Waals surface area contributed by atoms with Gasteiger partial charge in [-0.2, -0.15) is 5.26 Å². The minimum atomic E-state index is -0.368. The molecule has 2 aromatic rings. The lowest BCUT2D eigenvalue weighted by Crippen LogP contribution is -2.33. The van der Waals surface area contributed by atoms with E-state index < -0.39 is 0 Å². The summed E-state index contributed by atoms with van der Waals surface area (Å²) in [5.41, 5.74) is 11.4. The Balaban J connectivity index is 1.87. The Kier molecular flexibility index (Phi) is 6.92. The molecule has 0 saturated heterocycles. The maximum absolute atomic E-state index is 10.0. The molecule has 2 aromatic carbocycles. The highest BCUT2D eigenvalue weighted by Crippen LogP contribution is 2.47.